The van der Waals surface area contributed by atoms with E-state index < -0.39 is 0 Å². The number of benzene rings is 1. The lowest BCUT2D eigenvalue weighted by molar-refractivity contribution is 0.234. The van der Waals surface area contributed by atoms with E-state index in [2.05, 4.69) is 31.3 Å². The molecule has 0 aromatic heterocycles. The van der Waals surface area contributed by atoms with Crippen LogP contribution in [-0.4, -0.2) is 27.3 Å². The van der Waals surface area contributed by atoms with Crippen LogP contribution < -0.4 is 14.8 Å². The van der Waals surface area contributed by atoms with Gasteiger partial charge < -0.3 is 14.8 Å². The molecule has 0 amide bonds. The van der Waals surface area contributed by atoms with Gasteiger partial charge in [-0.3, -0.25) is 0 Å². The molecule has 21 heavy (non-hydrogen) atoms. The first-order chi connectivity index (χ1) is 10.1. The average Bonchev–Trinajstić information content (AvgIpc) is 2.54. The van der Waals surface area contributed by atoms with Crippen molar-refractivity contribution < 1.29 is 9.47 Å². The van der Waals surface area contributed by atoms with Gasteiger partial charge in [0.15, 0.2) is 11.5 Å². The molecular weight excluding hydrogens is 262 g/mol. The molecular formula is C18H29NO2. The van der Waals surface area contributed by atoms with Crippen molar-refractivity contribution in [3.63, 3.8) is 0 Å². The van der Waals surface area contributed by atoms with E-state index in [9.17, 15) is 0 Å². The van der Waals surface area contributed by atoms with Crippen molar-refractivity contribution in [3.8, 4) is 11.5 Å². The number of rotatable bonds is 6. The highest BCUT2D eigenvalue weighted by Crippen LogP contribution is 2.43. The molecule has 3 nitrogen and oxygen atoms in total. The molecule has 3 heteroatoms. The summed E-state index contributed by atoms with van der Waals surface area (Å²) in [5, 5.41) is 3.57. The number of nitrogens with one attached hydrogen (secondary N) is 1. The van der Waals surface area contributed by atoms with E-state index in [0.29, 0.717) is 0 Å². The third kappa shape index (κ3) is 3.52. The fraction of sp³-hybridized carbons (Fsp3) is 0.667. The second-order valence-electron chi connectivity index (χ2n) is 6.31. The molecule has 1 N–H and O–H groups in total. The van der Waals surface area contributed by atoms with Crippen LogP contribution in [0.4, 0.5) is 0 Å². The van der Waals surface area contributed by atoms with Crippen molar-refractivity contribution in [2.24, 2.45) is 5.92 Å². The topological polar surface area (TPSA) is 30.5 Å². The zero-order valence-electron chi connectivity index (χ0n) is 13.9. The number of likely N-dealkylation sites (N-methyl/N-ethyl adjacent to an activating group) is 1. The van der Waals surface area contributed by atoms with Crippen molar-refractivity contribution in [1.82, 2.24) is 5.32 Å². The molecule has 1 aromatic rings. The number of methoxy groups -OCH3 is 2. The monoisotopic (exact) mass is 291 g/mol. The summed E-state index contributed by atoms with van der Waals surface area (Å²) in [6.07, 6.45) is 5.10. The van der Waals surface area contributed by atoms with E-state index in [-0.39, 0.29) is 5.41 Å². The molecule has 1 saturated carbocycles. The molecule has 2 rings (SSSR count). The van der Waals surface area contributed by atoms with Crippen LogP contribution in [0.5, 0.6) is 11.5 Å². The Balaban J connectivity index is 2.32. The lowest BCUT2D eigenvalue weighted by Crippen LogP contribution is -2.41. The van der Waals surface area contributed by atoms with Gasteiger partial charge in [0.2, 0.25) is 0 Å². The summed E-state index contributed by atoms with van der Waals surface area (Å²) in [7, 11) is 3.40. The molecule has 0 unspecified atom stereocenters. The van der Waals surface area contributed by atoms with E-state index in [1.54, 1.807) is 14.2 Å². The van der Waals surface area contributed by atoms with Crippen molar-refractivity contribution in [3.05, 3.63) is 23.8 Å². The lowest BCUT2D eigenvalue weighted by Gasteiger charge is -2.40. The summed E-state index contributed by atoms with van der Waals surface area (Å²) in [6.45, 7) is 6.61. The standard InChI is InChI=1S/C18H29NO2/c1-5-19-13-18(10-8-14(2)9-11-18)15-6-7-16(20-3)17(12-15)21-4/h6-7,12,14,19H,5,8-11,13H2,1-4H3. The molecule has 0 heterocycles. The summed E-state index contributed by atoms with van der Waals surface area (Å²) >= 11 is 0. The Morgan fingerprint density at radius 1 is 1.14 bits per heavy atom. The molecule has 0 aliphatic heterocycles. The highest BCUT2D eigenvalue weighted by atomic mass is 16.5. The molecule has 0 bridgehead atoms. The second-order valence-corrected chi connectivity index (χ2v) is 6.31. The van der Waals surface area contributed by atoms with Crippen LogP contribution in [0.15, 0.2) is 18.2 Å². The predicted molar refractivity (Wildman–Crippen MR) is 87.4 cm³/mol. The Morgan fingerprint density at radius 3 is 2.38 bits per heavy atom. The molecule has 0 atom stereocenters. The molecule has 0 spiro atoms. The van der Waals surface area contributed by atoms with Gasteiger partial charge >= 0.3 is 0 Å². The quantitative estimate of drug-likeness (QED) is 0.865. The van der Waals surface area contributed by atoms with Crippen molar-refractivity contribution in [2.75, 3.05) is 27.3 Å². The van der Waals surface area contributed by atoms with Crippen LogP contribution in [0, 0.1) is 5.92 Å². The maximum atomic E-state index is 5.49. The van der Waals surface area contributed by atoms with Crippen LogP contribution in [0.3, 0.4) is 0 Å². The van der Waals surface area contributed by atoms with E-state index in [0.717, 1.165) is 30.5 Å². The van der Waals surface area contributed by atoms with Gasteiger partial charge in [-0.1, -0.05) is 19.9 Å². The molecule has 1 aromatic carbocycles. The van der Waals surface area contributed by atoms with E-state index in [4.69, 9.17) is 9.47 Å². The van der Waals surface area contributed by atoms with Gasteiger partial charge in [0.1, 0.15) is 0 Å². The SMILES string of the molecule is CCNCC1(c2ccc(OC)c(OC)c2)CCC(C)CC1. The molecule has 1 aliphatic carbocycles. The fourth-order valence-corrected chi connectivity index (χ4v) is 3.41. The normalized spacial score (nSPS) is 25.6. The number of hydrogen-bond donors (Lipinski definition) is 1. The Morgan fingerprint density at radius 2 is 1.81 bits per heavy atom. The molecule has 1 aliphatic rings. The van der Waals surface area contributed by atoms with E-state index in [1.807, 2.05) is 6.07 Å². The predicted octanol–water partition coefficient (Wildman–Crippen LogP) is 3.76. The molecule has 118 valence electrons. The minimum Gasteiger partial charge on any atom is -0.493 e. The van der Waals surface area contributed by atoms with Crippen molar-refractivity contribution >= 4 is 0 Å². The molecule has 0 radical (unpaired) electrons. The first-order valence-electron chi connectivity index (χ1n) is 8.08. The van der Waals surface area contributed by atoms with Gasteiger partial charge in [-0.2, -0.15) is 0 Å². The maximum absolute atomic E-state index is 5.49. The van der Waals surface area contributed by atoms with Gasteiger partial charge in [-0.15, -0.1) is 0 Å². The zero-order chi connectivity index (χ0) is 15.3. The second kappa shape index (κ2) is 7.17. The van der Waals surface area contributed by atoms with Gasteiger partial charge in [-0.05, 0) is 55.8 Å². The summed E-state index contributed by atoms with van der Waals surface area (Å²) in [5.74, 6) is 2.49. The first-order valence-corrected chi connectivity index (χ1v) is 8.08. The Bertz CT molecular complexity index is 445. The fourth-order valence-electron chi connectivity index (χ4n) is 3.41. The first kappa shape index (κ1) is 16.2. The third-order valence-electron chi connectivity index (χ3n) is 4.94. The Labute approximate surface area is 129 Å². The van der Waals surface area contributed by atoms with Gasteiger partial charge in [0.05, 0.1) is 14.2 Å². The van der Waals surface area contributed by atoms with E-state index in [1.165, 1.54) is 31.2 Å². The van der Waals surface area contributed by atoms with Crippen LogP contribution >= 0.6 is 0 Å². The Kier molecular flexibility index (Phi) is 5.51. The Hall–Kier alpha value is -1.22. The summed E-state index contributed by atoms with van der Waals surface area (Å²) in [6, 6.07) is 6.43. The van der Waals surface area contributed by atoms with Crippen molar-refractivity contribution in [1.29, 1.82) is 0 Å². The lowest BCUT2D eigenvalue weighted by atomic mass is 9.67. The van der Waals surface area contributed by atoms with E-state index >= 15 is 0 Å². The van der Waals surface area contributed by atoms with Crippen LogP contribution in [-0.2, 0) is 5.41 Å². The largest absolute Gasteiger partial charge is 0.493 e. The number of hydrogen-bond acceptors (Lipinski definition) is 3. The summed E-state index contributed by atoms with van der Waals surface area (Å²) < 4.78 is 10.9. The highest BCUT2D eigenvalue weighted by Gasteiger charge is 2.36. The zero-order valence-corrected chi connectivity index (χ0v) is 13.9. The van der Waals surface area contributed by atoms with Gasteiger partial charge in [0, 0.05) is 12.0 Å². The minimum absolute atomic E-state index is 0.238. The minimum atomic E-state index is 0.238. The van der Waals surface area contributed by atoms with Gasteiger partial charge in [-0.25, -0.2) is 0 Å². The third-order valence-corrected chi connectivity index (χ3v) is 4.94. The maximum Gasteiger partial charge on any atom is 0.161 e. The van der Waals surface area contributed by atoms with Gasteiger partial charge in [0.25, 0.3) is 0 Å². The van der Waals surface area contributed by atoms with Crippen molar-refractivity contribution in [2.45, 2.75) is 44.9 Å². The highest BCUT2D eigenvalue weighted by molar-refractivity contribution is 5.45. The summed E-state index contributed by atoms with van der Waals surface area (Å²) in [4.78, 5) is 0. The number of ether oxygens (including phenoxy) is 2. The summed E-state index contributed by atoms with van der Waals surface area (Å²) in [5.41, 5.74) is 1.62. The molecule has 1 fully saturated rings. The van der Waals surface area contributed by atoms with Crippen LogP contribution in [0.2, 0.25) is 0 Å². The smallest absolute Gasteiger partial charge is 0.161 e. The van der Waals surface area contributed by atoms with Crippen LogP contribution in [0.25, 0.3) is 0 Å². The molecule has 0 saturated heterocycles. The average molecular weight is 291 g/mol. The van der Waals surface area contributed by atoms with Crippen LogP contribution in [0.1, 0.15) is 45.1 Å².